The van der Waals surface area contributed by atoms with Gasteiger partial charge < -0.3 is 4.81 Å². The van der Waals surface area contributed by atoms with Crippen LogP contribution in [0.15, 0.2) is 24.4 Å². The van der Waals surface area contributed by atoms with Crippen LogP contribution in [0.25, 0.3) is 0 Å². The molecule has 13 heavy (non-hydrogen) atoms. The Labute approximate surface area is 77.9 Å². The van der Waals surface area contributed by atoms with Gasteiger partial charge in [0.25, 0.3) is 5.91 Å². The SMILES string of the molecule is BN1CC(=O)N(/C(C=C)=C/C)C1=O. The molecule has 0 aromatic rings. The molecule has 3 amide bonds. The molecular weight excluding hydrogens is 167 g/mol. The largest absolute Gasteiger partial charge is 0.367 e. The number of carbonyl (C=O) groups is 2. The van der Waals surface area contributed by atoms with E-state index in [0.29, 0.717) is 5.70 Å². The molecule has 0 aliphatic carbocycles. The summed E-state index contributed by atoms with van der Waals surface area (Å²) >= 11 is 0. The Morgan fingerprint density at radius 1 is 1.62 bits per heavy atom. The zero-order valence-electron chi connectivity index (χ0n) is 7.78. The van der Waals surface area contributed by atoms with Gasteiger partial charge in [-0.3, -0.25) is 4.79 Å². The Balaban J connectivity index is 2.98. The molecule has 0 bridgehead atoms. The summed E-state index contributed by atoms with van der Waals surface area (Å²) in [5.41, 5.74) is 0.541. The van der Waals surface area contributed by atoms with Crippen LogP contribution in [0.4, 0.5) is 4.79 Å². The molecule has 0 saturated carbocycles. The van der Waals surface area contributed by atoms with Crippen LogP contribution in [-0.2, 0) is 4.79 Å². The lowest BCUT2D eigenvalue weighted by molar-refractivity contribution is -0.123. The van der Waals surface area contributed by atoms with Crippen molar-refractivity contribution < 1.29 is 9.59 Å². The Bertz CT molecular complexity index is 299. The molecule has 1 aliphatic heterocycles. The van der Waals surface area contributed by atoms with Crippen molar-refractivity contribution in [2.75, 3.05) is 6.54 Å². The first-order valence-electron chi connectivity index (χ1n) is 3.98. The van der Waals surface area contributed by atoms with Crippen LogP contribution in [0.1, 0.15) is 6.92 Å². The first-order valence-corrected chi connectivity index (χ1v) is 3.98. The summed E-state index contributed by atoms with van der Waals surface area (Å²) in [5, 5.41) is 0. The summed E-state index contributed by atoms with van der Waals surface area (Å²) in [6.45, 7) is 5.44. The number of imide groups is 1. The van der Waals surface area contributed by atoms with Crippen molar-refractivity contribution in [2.45, 2.75) is 6.92 Å². The third-order valence-electron chi connectivity index (χ3n) is 1.90. The maximum absolute atomic E-state index is 11.4. The number of urea groups is 1. The molecule has 1 rings (SSSR count). The number of hydrogen-bond acceptors (Lipinski definition) is 2. The number of carbonyl (C=O) groups excluding carboxylic acids is 2. The molecule has 0 atom stereocenters. The highest BCUT2D eigenvalue weighted by molar-refractivity contribution is 6.21. The Morgan fingerprint density at radius 2 is 2.23 bits per heavy atom. The summed E-state index contributed by atoms with van der Waals surface area (Å²) in [5.74, 6) is -0.208. The summed E-state index contributed by atoms with van der Waals surface area (Å²) < 4.78 is 0. The number of rotatable bonds is 2. The van der Waals surface area contributed by atoms with E-state index in [1.54, 1.807) is 21.0 Å². The highest BCUT2D eigenvalue weighted by atomic mass is 16.2. The molecule has 1 aliphatic rings. The zero-order valence-corrected chi connectivity index (χ0v) is 7.78. The Morgan fingerprint density at radius 3 is 2.54 bits per heavy atom. The second-order valence-corrected chi connectivity index (χ2v) is 2.79. The van der Waals surface area contributed by atoms with Crippen LogP contribution < -0.4 is 0 Å². The molecule has 0 aromatic carbocycles. The maximum Gasteiger partial charge on any atom is 0.319 e. The van der Waals surface area contributed by atoms with E-state index in [1.807, 2.05) is 0 Å². The minimum atomic E-state index is -0.294. The third kappa shape index (κ3) is 1.49. The van der Waals surface area contributed by atoms with Crippen molar-refractivity contribution in [3.8, 4) is 0 Å². The van der Waals surface area contributed by atoms with E-state index in [2.05, 4.69) is 6.58 Å². The fourth-order valence-electron chi connectivity index (χ4n) is 1.21. The minimum absolute atomic E-state index is 0.143. The van der Waals surface area contributed by atoms with Crippen molar-refractivity contribution in [1.82, 2.24) is 9.71 Å². The van der Waals surface area contributed by atoms with E-state index >= 15 is 0 Å². The molecule has 0 N–H and O–H groups in total. The fourth-order valence-corrected chi connectivity index (χ4v) is 1.21. The Hall–Kier alpha value is -1.52. The van der Waals surface area contributed by atoms with Crippen LogP contribution in [0, 0.1) is 0 Å². The van der Waals surface area contributed by atoms with Gasteiger partial charge in [0.2, 0.25) is 7.98 Å². The predicted molar refractivity (Wildman–Crippen MR) is 51.4 cm³/mol. The van der Waals surface area contributed by atoms with Crippen LogP contribution >= 0.6 is 0 Å². The minimum Gasteiger partial charge on any atom is -0.367 e. The monoisotopic (exact) mass is 178 g/mol. The lowest BCUT2D eigenvalue weighted by Gasteiger charge is -2.14. The molecule has 1 saturated heterocycles. The number of nitrogens with zero attached hydrogens (tertiary/aromatic N) is 2. The number of allylic oxidation sites excluding steroid dienone is 2. The quantitative estimate of drug-likeness (QED) is 0.336. The summed E-state index contributed by atoms with van der Waals surface area (Å²) in [6, 6.07) is -0.294. The summed E-state index contributed by atoms with van der Waals surface area (Å²) in [6.07, 6.45) is 3.18. The third-order valence-corrected chi connectivity index (χ3v) is 1.90. The lowest BCUT2D eigenvalue weighted by Crippen LogP contribution is -2.30. The van der Waals surface area contributed by atoms with E-state index in [4.69, 9.17) is 0 Å². The van der Waals surface area contributed by atoms with Gasteiger partial charge in [-0.25, -0.2) is 9.69 Å². The van der Waals surface area contributed by atoms with Crippen molar-refractivity contribution in [2.24, 2.45) is 0 Å². The molecule has 68 valence electrons. The summed E-state index contributed by atoms with van der Waals surface area (Å²) in [7, 11) is 1.59. The van der Waals surface area contributed by atoms with Gasteiger partial charge in [0.05, 0.1) is 6.54 Å². The average Bonchev–Trinajstić information content (AvgIpc) is 2.34. The summed E-state index contributed by atoms with van der Waals surface area (Å²) in [4.78, 5) is 25.2. The van der Waals surface area contributed by atoms with Gasteiger partial charge in [-0.1, -0.05) is 12.7 Å². The zero-order chi connectivity index (χ0) is 10.0. The van der Waals surface area contributed by atoms with E-state index in [0.717, 1.165) is 4.90 Å². The van der Waals surface area contributed by atoms with Crippen LogP contribution in [-0.4, -0.2) is 36.2 Å². The highest BCUT2D eigenvalue weighted by Gasteiger charge is 2.34. The molecule has 1 fully saturated rings. The molecule has 0 radical (unpaired) electrons. The second kappa shape index (κ2) is 3.47. The van der Waals surface area contributed by atoms with Gasteiger partial charge in [-0.05, 0) is 13.0 Å². The molecule has 1 heterocycles. The molecule has 0 unspecified atom stereocenters. The van der Waals surface area contributed by atoms with Gasteiger partial charge in [0.15, 0.2) is 0 Å². The number of hydrogen-bond donors (Lipinski definition) is 0. The first kappa shape index (κ1) is 9.57. The van der Waals surface area contributed by atoms with E-state index in [1.165, 1.54) is 10.9 Å². The predicted octanol–water partition coefficient (Wildman–Crippen LogP) is -0.111. The lowest BCUT2D eigenvalue weighted by atomic mass is 10.3. The van der Waals surface area contributed by atoms with Crippen molar-refractivity contribution in [1.29, 1.82) is 0 Å². The standard InChI is InChI=1S/C8H11BN2O2/c1-3-6(4-2)11-7(12)5-10(9)8(11)13/h3-4H,1,5,9H2,2H3/b6-4+. The van der Waals surface area contributed by atoms with Gasteiger partial charge in [-0.15, -0.1) is 0 Å². The van der Waals surface area contributed by atoms with Crippen LogP contribution in [0.3, 0.4) is 0 Å². The smallest absolute Gasteiger partial charge is 0.319 e. The molecule has 5 heteroatoms. The molecule has 0 spiro atoms. The average molecular weight is 178 g/mol. The molecule has 4 nitrogen and oxygen atoms in total. The number of amides is 3. The first-order chi connectivity index (χ1) is 6.11. The highest BCUT2D eigenvalue weighted by Crippen LogP contribution is 2.15. The van der Waals surface area contributed by atoms with Crippen molar-refractivity contribution in [3.05, 3.63) is 24.4 Å². The normalized spacial score (nSPS) is 18.4. The second-order valence-electron chi connectivity index (χ2n) is 2.79. The van der Waals surface area contributed by atoms with E-state index in [-0.39, 0.29) is 18.5 Å². The Kier molecular flexibility index (Phi) is 2.56. The fraction of sp³-hybridized carbons (Fsp3) is 0.250. The van der Waals surface area contributed by atoms with Crippen LogP contribution in [0.5, 0.6) is 0 Å². The maximum atomic E-state index is 11.4. The van der Waals surface area contributed by atoms with E-state index < -0.39 is 0 Å². The van der Waals surface area contributed by atoms with Gasteiger partial charge in [0.1, 0.15) is 0 Å². The molecule has 0 aromatic heterocycles. The van der Waals surface area contributed by atoms with E-state index in [9.17, 15) is 9.59 Å². The van der Waals surface area contributed by atoms with Crippen molar-refractivity contribution in [3.63, 3.8) is 0 Å². The topological polar surface area (TPSA) is 40.6 Å². The van der Waals surface area contributed by atoms with Crippen LogP contribution in [0.2, 0.25) is 0 Å². The van der Waals surface area contributed by atoms with Gasteiger partial charge in [-0.2, -0.15) is 0 Å². The van der Waals surface area contributed by atoms with Crippen molar-refractivity contribution >= 4 is 19.9 Å². The van der Waals surface area contributed by atoms with Gasteiger partial charge >= 0.3 is 6.03 Å². The van der Waals surface area contributed by atoms with Gasteiger partial charge in [0, 0.05) is 5.70 Å². The molecular formula is C8H11BN2O2.